The van der Waals surface area contributed by atoms with Crippen molar-refractivity contribution in [2.45, 2.75) is 25.4 Å². The monoisotopic (exact) mass is 302 g/mol. The third kappa shape index (κ3) is 3.09. The van der Waals surface area contributed by atoms with Gasteiger partial charge in [-0.2, -0.15) is 10.4 Å². The number of aryl methyl sites for hydroxylation is 1. The van der Waals surface area contributed by atoms with Crippen LogP contribution in [0.4, 0.5) is 5.00 Å². The predicted molar refractivity (Wildman–Crippen MR) is 77.8 cm³/mol. The number of aromatic nitrogens is 3. The minimum Gasteiger partial charge on any atom is -0.315 e. The van der Waals surface area contributed by atoms with Crippen molar-refractivity contribution in [2.24, 2.45) is 0 Å². The SMILES string of the molecule is N#Cc1ccsc1NC(=O)CN[C@@H]1CCc2ncnn2C1. The first-order valence-corrected chi connectivity index (χ1v) is 7.51. The lowest BCUT2D eigenvalue weighted by atomic mass is 10.1. The summed E-state index contributed by atoms with van der Waals surface area (Å²) in [5.74, 6) is 0.855. The summed E-state index contributed by atoms with van der Waals surface area (Å²) < 4.78 is 1.87. The van der Waals surface area contributed by atoms with Crippen LogP contribution in [0.5, 0.6) is 0 Å². The Labute approximate surface area is 125 Å². The molecule has 3 heterocycles. The van der Waals surface area contributed by atoms with Crippen molar-refractivity contribution >= 4 is 22.2 Å². The molecule has 1 aliphatic rings. The van der Waals surface area contributed by atoms with E-state index in [-0.39, 0.29) is 18.5 Å². The minimum absolute atomic E-state index is 0.140. The number of carbonyl (C=O) groups excluding carboxylic acids is 1. The lowest BCUT2D eigenvalue weighted by Gasteiger charge is -2.23. The summed E-state index contributed by atoms with van der Waals surface area (Å²) in [6, 6.07) is 3.96. The highest BCUT2D eigenvalue weighted by Crippen LogP contribution is 2.21. The Balaban J connectivity index is 1.50. The first-order valence-electron chi connectivity index (χ1n) is 6.64. The maximum absolute atomic E-state index is 11.9. The Hall–Kier alpha value is -2.24. The van der Waals surface area contributed by atoms with E-state index in [0.29, 0.717) is 10.6 Å². The summed E-state index contributed by atoms with van der Waals surface area (Å²) >= 11 is 1.35. The molecule has 1 amide bonds. The molecule has 1 aliphatic heterocycles. The summed E-state index contributed by atoms with van der Waals surface area (Å²) in [5.41, 5.74) is 0.498. The molecular formula is C13H14N6OS. The van der Waals surface area contributed by atoms with Gasteiger partial charge in [-0.3, -0.25) is 4.79 Å². The van der Waals surface area contributed by atoms with E-state index in [1.807, 2.05) is 4.68 Å². The van der Waals surface area contributed by atoms with E-state index in [4.69, 9.17) is 5.26 Å². The lowest BCUT2D eigenvalue weighted by Crippen LogP contribution is -2.41. The van der Waals surface area contributed by atoms with E-state index in [1.165, 1.54) is 11.3 Å². The first-order chi connectivity index (χ1) is 10.3. The fourth-order valence-electron chi connectivity index (χ4n) is 2.31. The maximum atomic E-state index is 11.9. The van der Waals surface area contributed by atoms with Crippen LogP contribution in [0.15, 0.2) is 17.8 Å². The Morgan fingerprint density at radius 3 is 3.38 bits per heavy atom. The number of hydrogen-bond donors (Lipinski definition) is 2. The van der Waals surface area contributed by atoms with Gasteiger partial charge in [0.15, 0.2) is 0 Å². The number of nitrogens with zero attached hydrogens (tertiary/aromatic N) is 4. The van der Waals surface area contributed by atoms with Crippen LogP contribution in [-0.4, -0.2) is 33.3 Å². The molecule has 3 rings (SSSR count). The molecule has 0 spiro atoms. The van der Waals surface area contributed by atoms with Gasteiger partial charge in [-0.1, -0.05) is 0 Å². The van der Waals surface area contributed by atoms with Crippen molar-refractivity contribution in [3.8, 4) is 6.07 Å². The second-order valence-electron chi connectivity index (χ2n) is 4.80. The standard InChI is InChI=1S/C13H14N6OS/c14-5-9-3-4-21-13(9)18-12(20)6-15-10-1-2-11-16-8-17-19(11)7-10/h3-4,8,10,15H,1-2,6-7H2,(H,18,20)/t10-/m1/s1. The van der Waals surface area contributed by atoms with Gasteiger partial charge in [-0.05, 0) is 17.9 Å². The Morgan fingerprint density at radius 2 is 2.52 bits per heavy atom. The molecule has 2 aromatic rings. The zero-order chi connectivity index (χ0) is 14.7. The number of carbonyl (C=O) groups is 1. The summed E-state index contributed by atoms with van der Waals surface area (Å²) in [6.45, 7) is 0.947. The van der Waals surface area contributed by atoms with Gasteiger partial charge in [-0.25, -0.2) is 9.67 Å². The van der Waals surface area contributed by atoms with Gasteiger partial charge in [0.25, 0.3) is 0 Å². The van der Waals surface area contributed by atoms with Crippen molar-refractivity contribution in [3.05, 3.63) is 29.2 Å². The predicted octanol–water partition coefficient (Wildman–Crippen LogP) is 0.754. The number of amides is 1. The fraction of sp³-hybridized carbons (Fsp3) is 0.385. The smallest absolute Gasteiger partial charge is 0.238 e. The Morgan fingerprint density at radius 1 is 1.62 bits per heavy atom. The van der Waals surface area contributed by atoms with Crippen molar-refractivity contribution in [1.82, 2.24) is 20.1 Å². The lowest BCUT2D eigenvalue weighted by molar-refractivity contribution is -0.115. The molecule has 0 saturated heterocycles. The van der Waals surface area contributed by atoms with Crippen LogP contribution in [0.3, 0.4) is 0 Å². The van der Waals surface area contributed by atoms with Crippen LogP contribution < -0.4 is 10.6 Å². The number of fused-ring (bicyclic) bond motifs is 1. The first kappa shape index (κ1) is 13.7. The summed E-state index contributed by atoms with van der Waals surface area (Å²) in [4.78, 5) is 16.1. The quantitative estimate of drug-likeness (QED) is 0.869. The largest absolute Gasteiger partial charge is 0.315 e. The fourth-order valence-corrected chi connectivity index (χ4v) is 3.06. The molecule has 108 valence electrons. The van der Waals surface area contributed by atoms with E-state index in [0.717, 1.165) is 25.2 Å². The molecule has 0 aliphatic carbocycles. The normalized spacial score (nSPS) is 17.0. The van der Waals surface area contributed by atoms with Crippen molar-refractivity contribution in [1.29, 1.82) is 5.26 Å². The zero-order valence-corrected chi connectivity index (χ0v) is 12.1. The molecule has 7 nitrogen and oxygen atoms in total. The van der Waals surface area contributed by atoms with Crippen molar-refractivity contribution < 1.29 is 4.79 Å². The Kier molecular flexibility index (Phi) is 3.94. The molecule has 2 N–H and O–H groups in total. The van der Waals surface area contributed by atoms with E-state index in [2.05, 4.69) is 26.8 Å². The van der Waals surface area contributed by atoms with Crippen LogP contribution in [0.2, 0.25) is 0 Å². The van der Waals surface area contributed by atoms with Crippen molar-refractivity contribution in [2.75, 3.05) is 11.9 Å². The Bertz CT molecular complexity index is 685. The van der Waals surface area contributed by atoms with Gasteiger partial charge in [0.05, 0.1) is 18.7 Å². The molecule has 0 saturated carbocycles. The van der Waals surface area contributed by atoms with Gasteiger partial charge in [0.2, 0.25) is 5.91 Å². The van der Waals surface area contributed by atoms with Gasteiger partial charge < -0.3 is 10.6 Å². The van der Waals surface area contributed by atoms with Crippen LogP contribution in [-0.2, 0) is 17.8 Å². The number of thiophene rings is 1. The second kappa shape index (κ2) is 6.03. The summed E-state index contributed by atoms with van der Waals surface area (Å²) in [6.07, 6.45) is 3.36. The van der Waals surface area contributed by atoms with Gasteiger partial charge in [0, 0.05) is 12.5 Å². The topological polar surface area (TPSA) is 95.6 Å². The highest BCUT2D eigenvalue weighted by Gasteiger charge is 2.20. The van der Waals surface area contributed by atoms with E-state index in [9.17, 15) is 4.79 Å². The summed E-state index contributed by atoms with van der Waals surface area (Å²) in [5, 5.41) is 21.4. The van der Waals surface area contributed by atoms with Crippen LogP contribution in [0.25, 0.3) is 0 Å². The molecule has 1 atom stereocenters. The minimum atomic E-state index is -0.140. The third-order valence-electron chi connectivity index (χ3n) is 3.40. The van der Waals surface area contributed by atoms with E-state index >= 15 is 0 Å². The highest BCUT2D eigenvalue weighted by atomic mass is 32.1. The van der Waals surface area contributed by atoms with Crippen LogP contribution in [0.1, 0.15) is 17.8 Å². The zero-order valence-electron chi connectivity index (χ0n) is 11.2. The van der Waals surface area contributed by atoms with Gasteiger partial charge >= 0.3 is 0 Å². The highest BCUT2D eigenvalue weighted by molar-refractivity contribution is 7.14. The number of hydrogen-bond acceptors (Lipinski definition) is 6. The molecule has 0 fully saturated rings. The molecule has 8 heteroatoms. The number of nitriles is 1. The molecule has 0 radical (unpaired) electrons. The third-order valence-corrected chi connectivity index (χ3v) is 4.23. The molecule has 0 aromatic carbocycles. The van der Waals surface area contributed by atoms with E-state index in [1.54, 1.807) is 17.8 Å². The number of rotatable bonds is 4. The van der Waals surface area contributed by atoms with Crippen LogP contribution in [0, 0.1) is 11.3 Å². The van der Waals surface area contributed by atoms with Crippen molar-refractivity contribution in [3.63, 3.8) is 0 Å². The van der Waals surface area contributed by atoms with Gasteiger partial charge in [0.1, 0.15) is 23.2 Å². The summed E-state index contributed by atoms with van der Waals surface area (Å²) in [7, 11) is 0. The molecule has 0 unspecified atom stereocenters. The maximum Gasteiger partial charge on any atom is 0.238 e. The molecule has 2 aromatic heterocycles. The van der Waals surface area contributed by atoms with E-state index < -0.39 is 0 Å². The molecule has 21 heavy (non-hydrogen) atoms. The van der Waals surface area contributed by atoms with Crippen LogP contribution >= 0.6 is 11.3 Å². The molecular weight excluding hydrogens is 288 g/mol. The molecule has 0 bridgehead atoms. The second-order valence-corrected chi connectivity index (χ2v) is 5.71. The number of anilines is 1. The average Bonchev–Trinajstić information content (AvgIpc) is 3.12. The average molecular weight is 302 g/mol. The van der Waals surface area contributed by atoms with Gasteiger partial charge in [-0.15, -0.1) is 11.3 Å². The number of nitrogens with one attached hydrogen (secondary N) is 2.